The zero-order valence-corrected chi connectivity index (χ0v) is 18.1. The summed E-state index contributed by atoms with van der Waals surface area (Å²) in [6.07, 6.45) is -0.391. The molecule has 0 bridgehead atoms. The van der Waals surface area contributed by atoms with Crippen molar-refractivity contribution >= 4 is 27.5 Å². The summed E-state index contributed by atoms with van der Waals surface area (Å²) in [7, 11) is -3.87. The number of anilines is 1. The Morgan fingerprint density at radius 3 is 2.62 bits per heavy atom. The van der Waals surface area contributed by atoms with Gasteiger partial charge in [-0.3, -0.25) is 0 Å². The average molecular weight is 472 g/mol. The molecule has 1 aliphatic heterocycles. The van der Waals surface area contributed by atoms with Gasteiger partial charge in [-0.15, -0.1) is 4.36 Å². The molecule has 13 heteroatoms. The van der Waals surface area contributed by atoms with Crippen LogP contribution in [0, 0.1) is 12.3 Å². The van der Waals surface area contributed by atoms with Crippen LogP contribution < -0.4 is 16.2 Å². The van der Waals surface area contributed by atoms with Crippen molar-refractivity contribution in [3.63, 3.8) is 0 Å². The number of hydrogen-bond acceptors (Lipinski definition) is 6. The van der Waals surface area contributed by atoms with Gasteiger partial charge in [0.05, 0.1) is 18.8 Å². The van der Waals surface area contributed by atoms with E-state index in [1.165, 1.54) is 6.92 Å². The van der Waals surface area contributed by atoms with Crippen molar-refractivity contribution in [2.24, 2.45) is 25.6 Å². The third-order valence-corrected chi connectivity index (χ3v) is 7.27. The number of aryl methyl sites for hydroxylation is 1. The zero-order chi connectivity index (χ0) is 23.3. The Kier molecular flexibility index (Phi) is 5.44. The van der Waals surface area contributed by atoms with Crippen molar-refractivity contribution in [2.75, 3.05) is 18.5 Å². The van der Waals surface area contributed by atoms with Gasteiger partial charge in [0.25, 0.3) is 0 Å². The van der Waals surface area contributed by atoms with Crippen LogP contribution in [0.3, 0.4) is 0 Å². The first kappa shape index (κ1) is 22.5. The molecular formula is C19H23F3N6O3S. The molecule has 1 saturated carbocycles. The summed E-state index contributed by atoms with van der Waals surface area (Å²) < 4.78 is 62.3. The fourth-order valence-corrected chi connectivity index (χ4v) is 4.86. The van der Waals surface area contributed by atoms with Gasteiger partial charge in [-0.1, -0.05) is 0 Å². The quantitative estimate of drug-likeness (QED) is 0.619. The number of rotatable bonds is 3. The number of aromatic nitrogens is 1. The standard InChI is InChI=1S/C19H23F3N6O3S/c1-10-14(11-3-2-4-12(11)26-15(10)19(20,21)22)27-17(29)28-32(24,30)13(7-23)16-25-8-18(5-6-18)9-31-16/h7H,2-6,8-9,23H2,1H3,(H3,24,26,27,28,29,30). The molecule has 5 N–H and O–H groups in total. The lowest BCUT2D eigenvalue weighted by molar-refractivity contribution is -0.141. The molecule has 3 aliphatic rings. The maximum Gasteiger partial charge on any atom is 0.433 e. The van der Waals surface area contributed by atoms with E-state index < -0.39 is 27.8 Å². The Bertz CT molecular complexity index is 1160. The van der Waals surface area contributed by atoms with Gasteiger partial charge >= 0.3 is 12.2 Å². The number of alkyl halides is 3. The lowest BCUT2D eigenvalue weighted by Gasteiger charge is -2.22. The van der Waals surface area contributed by atoms with Crippen LogP contribution in [0.4, 0.5) is 23.7 Å². The van der Waals surface area contributed by atoms with Gasteiger partial charge in [-0.25, -0.2) is 24.1 Å². The SMILES string of the molecule is Cc1c(C(F)(F)F)nc2c(c1NC(=O)N=S(N)(=O)C(=CN)C1=NCC3(CC3)CO1)CCC2. The highest BCUT2D eigenvalue weighted by Gasteiger charge is 2.46. The molecule has 9 nitrogen and oxygen atoms in total. The molecule has 4 rings (SSSR count). The highest BCUT2D eigenvalue weighted by Crippen LogP contribution is 2.47. The van der Waals surface area contributed by atoms with E-state index in [1.807, 2.05) is 0 Å². The van der Waals surface area contributed by atoms with Crippen LogP contribution >= 0.6 is 0 Å². The minimum absolute atomic E-state index is 0.00262. The van der Waals surface area contributed by atoms with Crippen molar-refractivity contribution in [1.29, 1.82) is 0 Å². The van der Waals surface area contributed by atoms with E-state index in [4.69, 9.17) is 15.6 Å². The van der Waals surface area contributed by atoms with E-state index in [1.54, 1.807) is 0 Å². The molecule has 174 valence electrons. The largest absolute Gasteiger partial charge is 0.476 e. The third kappa shape index (κ3) is 4.18. The number of carbonyl (C=O) groups is 1. The van der Waals surface area contributed by atoms with Crippen LogP contribution in [0.5, 0.6) is 0 Å². The molecule has 1 fully saturated rings. The van der Waals surface area contributed by atoms with Crippen LogP contribution in [0.2, 0.25) is 0 Å². The fourth-order valence-electron chi connectivity index (χ4n) is 3.91. The summed E-state index contributed by atoms with van der Waals surface area (Å²) in [4.78, 5) is 20.3. The first-order chi connectivity index (χ1) is 15.0. The van der Waals surface area contributed by atoms with Crippen LogP contribution in [0.25, 0.3) is 0 Å². The van der Waals surface area contributed by atoms with Crippen molar-refractivity contribution < 1.29 is 26.9 Å². The Balaban J connectivity index is 1.63. The molecule has 1 spiro atoms. The third-order valence-electron chi connectivity index (χ3n) is 5.89. The monoisotopic (exact) mass is 472 g/mol. The van der Waals surface area contributed by atoms with Crippen LogP contribution in [-0.4, -0.2) is 34.3 Å². The maximum atomic E-state index is 13.4. The molecular weight excluding hydrogens is 449 g/mol. The lowest BCUT2D eigenvalue weighted by atomic mass is 10.1. The number of nitrogens with zero attached hydrogens (tertiary/aromatic N) is 3. The average Bonchev–Trinajstić information content (AvgIpc) is 3.27. The molecule has 0 radical (unpaired) electrons. The van der Waals surface area contributed by atoms with Crippen molar-refractivity contribution in [3.05, 3.63) is 33.6 Å². The Hall–Kier alpha value is -2.67. The summed E-state index contributed by atoms with van der Waals surface area (Å²) in [6.45, 7) is 2.05. The maximum absolute atomic E-state index is 13.4. The summed E-state index contributed by atoms with van der Waals surface area (Å²) in [5.41, 5.74) is 4.98. The molecule has 32 heavy (non-hydrogen) atoms. The summed E-state index contributed by atoms with van der Waals surface area (Å²) >= 11 is 0. The highest BCUT2D eigenvalue weighted by atomic mass is 32.2. The lowest BCUT2D eigenvalue weighted by Crippen LogP contribution is -2.31. The van der Waals surface area contributed by atoms with Crippen LogP contribution in [0.1, 0.15) is 41.8 Å². The number of nitrogens with two attached hydrogens (primary N) is 2. The fraction of sp³-hybridized carbons (Fsp3) is 0.526. The number of amides is 2. The molecule has 2 aliphatic carbocycles. The molecule has 1 unspecified atom stereocenters. The molecule has 0 aromatic carbocycles. The highest BCUT2D eigenvalue weighted by molar-refractivity contribution is 7.96. The van der Waals surface area contributed by atoms with Gasteiger partial charge in [0.2, 0.25) is 5.90 Å². The van der Waals surface area contributed by atoms with Gasteiger partial charge in [0.15, 0.2) is 9.92 Å². The van der Waals surface area contributed by atoms with Crippen molar-refractivity contribution in [3.8, 4) is 0 Å². The van der Waals surface area contributed by atoms with Crippen molar-refractivity contribution in [2.45, 2.75) is 45.2 Å². The van der Waals surface area contributed by atoms with E-state index in [2.05, 4.69) is 19.7 Å². The summed E-state index contributed by atoms with van der Waals surface area (Å²) in [5, 5.41) is 8.12. The second kappa shape index (κ2) is 7.73. The number of pyridine rings is 1. The van der Waals surface area contributed by atoms with Gasteiger partial charge in [0, 0.05) is 22.9 Å². The number of hydrogen-bond donors (Lipinski definition) is 3. The number of fused-ring (bicyclic) bond motifs is 1. The first-order valence-corrected chi connectivity index (χ1v) is 11.6. The minimum Gasteiger partial charge on any atom is -0.476 e. The predicted molar refractivity (Wildman–Crippen MR) is 112 cm³/mol. The van der Waals surface area contributed by atoms with E-state index in [9.17, 15) is 22.2 Å². The topological polar surface area (TPSA) is 145 Å². The predicted octanol–water partition coefficient (Wildman–Crippen LogP) is 2.78. The number of nitrogens with one attached hydrogen (secondary N) is 1. The molecule has 2 amide bonds. The van der Waals surface area contributed by atoms with Gasteiger partial charge < -0.3 is 15.8 Å². The Morgan fingerprint density at radius 2 is 2.06 bits per heavy atom. The van der Waals surface area contributed by atoms with E-state index in [0.717, 1.165) is 19.0 Å². The van der Waals surface area contributed by atoms with Gasteiger partial charge in [-0.2, -0.15) is 13.2 Å². The second-order valence-corrected chi connectivity index (χ2v) is 10.0. The number of aliphatic imine (C=N–C) groups is 1. The Labute approximate surface area is 182 Å². The first-order valence-electron chi connectivity index (χ1n) is 10.0. The smallest absolute Gasteiger partial charge is 0.433 e. The molecule has 1 atom stereocenters. The van der Waals surface area contributed by atoms with Crippen LogP contribution in [0.15, 0.2) is 20.5 Å². The molecule has 0 saturated heterocycles. The van der Waals surface area contributed by atoms with E-state index in [0.29, 0.717) is 38.0 Å². The molecule has 2 heterocycles. The number of carbonyl (C=O) groups excluding carboxylic acids is 1. The summed E-state index contributed by atoms with van der Waals surface area (Å²) in [6, 6.07) is -1.16. The van der Waals surface area contributed by atoms with E-state index in [-0.39, 0.29) is 33.2 Å². The second-order valence-electron chi connectivity index (χ2n) is 8.27. The van der Waals surface area contributed by atoms with E-state index >= 15 is 0 Å². The number of urea groups is 1. The minimum atomic E-state index is -4.69. The Morgan fingerprint density at radius 1 is 1.34 bits per heavy atom. The van der Waals surface area contributed by atoms with Crippen molar-refractivity contribution in [1.82, 2.24) is 4.98 Å². The van der Waals surface area contributed by atoms with Gasteiger partial charge in [0.1, 0.15) is 10.6 Å². The van der Waals surface area contributed by atoms with Gasteiger partial charge in [-0.05, 0) is 44.6 Å². The molecule has 1 aromatic rings. The normalized spacial score (nSPS) is 21.3. The number of ether oxygens (including phenoxy) is 1. The summed E-state index contributed by atoms with van der Waals surface area (Å²) in [5.74, 6) is -0.0468. The van der Waals surface area contributed by atoms with Crippen LogP contribution in [-0.2, 0) is 33.7 Å². The number of halogens is 3. The molecule has 1 aromatic heterocycles. The zero-order valence-electron chi connectivity index (χ0n) is 17.3.